The molecule has 4 nitrogen and oxygen atoms in total. The predicted octanol–water partition coefficient (Wildman–Crippen LogP) is 1.34. The molecule has 20 heavy (non-hydrogen) atoms. The van der Waals surface area contributed by atoms with Crippen molar-refractivity contribution < 1.29 is 18.0 Å². The number of anilines is 1. The third-order valence-electron chi connectivity index (χ3n) is 3.13. The first-order chi connectivity index (χ1) is 9.47. The van der Waals surface area contributed by atoms with Crippen molar-refractivity contribution in [2.45, 2.75) is 13.0 Å². The fourth-order valence-corrected chi connectivity index (χ4v) is 2.17. The van der Waals surface area contributed by atoms with Gasteiger partial charge in [-0.25, -0.2) is 13.2 Å². The maximum absolute atomic E-state index is 13.4. The molecule has 110 valence electrons. The highest BCUT2D eigenvalue weighted by Crippen LogP contribution is 2.19. The molecule has 1 heterocycles. The molecule has 0 radical (unpaired) electrons. The van der Waals surface area contributed by atoms with Crippen LogP contribution in [-0.2, 0) is 4.79 Å². The molecule has 1 aromatic rings. The van der Waals surface area contributed by atoms with Crippen molar-refractivity contribution in [1.82, 2.24) is 10.2 Å². The Hall–Kier alpha value is -1.60. The molecule has 0 spiro atoms. The summed E-state index contributed by atoms with van der Waals surface area (Å²) in [6.07, 6.45) is 0. The van der Waals surface area contributed by atoms with Crippen LogP contribution in [0.1, 0.15) is 6.92 Å². The van der Waals surface area contributed by atoms with Gasteiger partial charge in [-0.3, -0.25) is 9.69 Å². The van der Waals surface area contributed by atoms with Gasteiger partial charge in [-0.1, -0.05) is 0 Å². The number of nitrogens with zero attached hydrogens (tertiary/aromatic N) is 1. The van der Waals surface area contributed by atoms with Crippen LogP contribution in [0.3, 0.4) is 0 Å². The summed E-state index contributed by atoms with van der Waals surface area (Å²) in [6.45, 7) is 4.27. The normalized spacial score (nSPS) is 19.9. The minimum Gasteiger partial charge on any atom is -0.322 e. The zero-order valence-electron chi connectivity index (χ0n) is 11.0. The van der Waals surface area contributed by atoms with Gasteiger partial charge in [-0.05, 0) is 19.1 Å². The lowest BCUT2D eigenvalue weighted by Gasteiger charge is -2.31. The smallest absolute Gasteiger partial charge is 0.238 e. The van der Waals surface area contributed by atoms with Gasteiger partial charge in [0.1, 0.15) is 0 Å². The zero-order chi connectivity index (χ0) is 14.7. The average molecular weight is 287 g/mol. The Labute approximate surface area is 114 Å². The Morgan fingerprint density at radius 1 is 1.40 bits per heavy atom. The van der Waals surface area contributed by atoms with Crippen LogP contribution in [0.2, 0.25) is 0 Å². The third kappa shape index (κ3) is 3.49. The van der Waals surface area contributed by atoms with Gasteiger partial charge in [-0.2, -0.15) is 0 Å². The molecule has 2 N–H and O–H groups in total. The molecule has 1 aliphatic heterocycles. The highest BCUT2D eigenvalue weighted by atomic mass is 19.2. The molecule has 1 saturated heterocycles. The van der Waals surface area contributed by atoms with Crippen LogP contribution in [0.25, 0.3) is 0 Å². The highest BCUT2D eigenvalue weighted by molar-refractivity contribution is 5.92. The molecule has 7 heteroatoms. The lowest BCUT2D eigenvalue weighted by atomic mass is 10.2. The van der Waals surface area contributed by atoms with E-state index < -0.39 is 23.4 Å². The lowest BCUT2D eigenvalue weighted by molar-refractivity contribution is -0.117. The van der Waals surface area contributed by atoms with Crippen LogP contribution >= 0.6 is 0 Å². The lowest BCUT2D eigenvalue weighted by Crippen LogP contribution is -2.51. The van der Waals surface area contributed by atoms with E-state index in [4.69, 9.17) is 0 Å². The van der Waals surface area contributed by atoms with Crippen LogP contribution in [0.15, 0.2) is 12.1 Å². The first-order valence-corrected chi connectivity index (χ1v) is 6.36. The fraction of sp³-hybridized carbons (Fsp3) is 0.462. The molecule has 1 aliphatic rings. The van der Waals surface area contributed by atoms with E-state index in [1.807, 2.05) is 11.8 Å². The standard InChI is InChI=1S/C13H16F3N3O/c1-8-6-19(5-4-17-8)7-11(20)18-10-3-2-9(14)12(15)13(10)16/h2-3,8,17H,4-7H2,1H3,(H,18,20)/t8-/m0/s1. The molecule has 0 bridgehead atoms. The first kappa shape index (κ1) is 14.8. The molecule has 0 saturated carbocycles. The second-order valence-corrected chi connectivity index (χ2v) is 4.86. The summed E-state index contributed by atoms with van der Waals surface area (Å²) in [6, 6.07) is 2.06. The number of piperazine rings is 1. The van der Waals surface area contributed by atoms with Gasteiger partial charge < -0.3 is 10.6 Å². The van der Waals surface area contributed by atoms with Gasteiger partial charge in [0.05, 0.1) is 12.2 Å². The Morgan fingerprint density at radius 2 is 2.15 bits per heavy atom. The summed E-state index contributed by atoms with van der Waals surface area (Å²) in [5.41, 5.74) is -0.350. The van der Waals surface area contributed by atoms with Crippen molar-refractivity contribution in [3.63, 3.8) is 0 Å². The largest absolute Gasteiger partial charge is 0.322 e. The van der Waals surface area contributed by atoms with Crippen LogP contribution in [0.4, 0.5) is 18.9 Å². The number of carbonyl (C=O) groups is 1. The SMILES string of the molecule is C[C@H]1CN(CC(=O)Nc2ccc(F)c(F)c2F)CCN1. The Balaban J connectivity index is 1.96. The van der Waals surface area contributed by atoms with Gasteiger partial charge in [0.2, 0.25) is 5.91 Å². The number of halogens is 3. The molecule has 1 aromatic carbocycles. The van der Waals surface area contributed by atoms with Crippen molar-refractivity contribution in [2.24, 2.45) is 0 Å². The molecule has 1 atom stereocenters. The molecular weight excluding hydrogens is 271 g/mol. The van der Waals surface area contributed by atoms with E-state index in [2.05, 4.69) is 10.6 Å². The van der Waals surface area contributed by atoms with Crippen molar-refractivity contribution >= 4 is 11.6 Å². The summed E-state index contributed by atoms with van der Waals surface area (Å²) < 4.78 is 39.2. The summed E-state index contributed by atoms with van der Waals surface area (Å²) in [5.74, 6) is -4.70. The summed E-state index contributed by atoms with van der Waals surface area (Å²) in [5, 5.41) is 5.49. The number of carbonyl (C=O) groups excluding carboxylic acids is 1. The van der Waals surface area contributed by atoms with Crippen LogP contribution in [-0.4, -0.2) is 43.0 Å². The summed E-state index contributed by atoms with van der Waals surface area (Å²) in [7, 11) is 0. The van der Waals surface area contributed by atoms with E-state index in [1.54, 1.807) is 0 Å². The van der Waals surface area contributed by atoms with E-state index in [0.29, 0.717) is 13.1 Å². The molecule has 0 unspecified atom stereocenters. The summed E-state index contributed by atoms with van der Waals surface area (Å²) >= 11 is 0. The van der Waals surface area contributed by atoms with E-state index >= 15 is 0 Å². The predicted molar refractivity (Wildman–Crippen MR) is 68.9 cm³/mol. The number of benzene rings is 1. The van der Waals surface area contributed by atoms with Crippen molar-refractivity contribution in [3.05, 3.63) is 29.6 Å². The first-order valence-electron chi connectivity index (χ1n) is 6.36. The molecular formula is C13H16F3N3O. The Morgan fingerprint density at radius 3 is 2.85 bits per heavy atom. The Bertz CT molecular complexity index is 510. The van der Waals surface area contributed by atoms with Crippen LogP contribution in [0.5, 0.6) is 0 Å². The number of hydrogen-bond acceptors (Lipinski definition) is 3. The second-order valence-electron chi connectivity index (χ2n) is 4.86. The van der Waals surface area contributed by atoms with Crippen LogP contribution < -0.4 is 10.6 Å². The Kier molecular flexibility index (Phi) is 4.61. The maximum atomic E-state index is 13.4. The van der Waals surface area contributed by atoms with Gasteiger partial charge in [0.15, 0.2) is 17.5 Å². The third-order valence-corrected chi connectivity index (χ3v) is 3.13. The second kappa shape index (κ2) is 6.23. The quantitative estimate of drug-likeness (QED) is 0.825. The molecule has 0 aliphatic carbocycles. The van der Waals surface area contributed by atoms with Gasteiger partial charge in [0.25, 0.3) is 0 Å². The highest BCUT2D eigenvalue weighted by Gasteiger charge is 2.20. The number of amides is 1. The molecule has 2 rings (SSSR count). The topological polar surface area (TPSA) is 44.4 Å². The van der Waals surface area contributed by atoms with Crippen LogP contribution in [0, 0.1) is 17.5 Å². The number of nitrogens with one attached hydrogen (secondary N) is 2. The maximum Gasteiger partial charge on any atom is 0.238 e. The summed E-state index contributed by atoms with van der Waals surface area (Å²) in [4.78, 5) is 13.7. The zero-order valence-corrected chi connectivity index (χ0v) is 11.0. The minimum atomic E-state index is -1.58. The molecule has 1 fully saturated rings. The van der Waals surface area contributed by atoms with Gasteiger partial charge >= 0.3 is 0 Å². The van der Waals surface area contributed by atoms with E-state index in [9.17, 15) is 18.0 Å². The van der Waals surface area contributed by atoms with Crippen molar-refractivity contribution in [1.29, 1.82) is 0 Å². The van der Waals surface area contributed by atoms with Crippen molar-refractivity contribution in [2.75, 3.05) is 31.5 Å². The fourth-order valence-electron chi connectivity index (χ4n) is 2.17. The molecule has 0 aromatic heterocycles. The average Bonchev–Trinajstić information content (AvgIpc) is 2.39. The van der Waals surface area contributed by atoms with Crippen molar-refractivity contribution in [3.8, 4) is 0 Å². The monoisotopic (exact) mass is 287 g/mol. The number of hydrogen-bond donors (Lipinski definition) is 2. The van der Waals surface area contributed by atoms with E-state index in [-0.39, 0.29) is 18.3 Å². The van der Waals surface area contributed by atoms with E-state index in [1.165, 1.54) is 0 Å². The van der Waals surface area contributed by atoms with E-state index in [0.717, 1.165) is 18.7 Å². The van der Waals surface area contributed by atoms with Gasteiger partial charge in [-0.15, -0.1) is 0 Å². The number of rotatable bonds is 3. The van der Waals surface area contributed by atoms with Gasteiger partial charge in [0, 0.05) is 25.7 Å². The molecule has 1 amide bonds. The minimum absolute atomic E-state index is 0.0878.